The van der Waals surface area contributed by atoms with E-state index >= 15 is 0 Å². The molecular weight excluding hydrogens is 358 g/mol. The molecule has 2 aliphatic rings. The molecule has 0 bridgehead atoms. The molecule has 0 saturated carbocycles. The van der Waals surface area contributed by atoms with Crippen LogP contribution >= 0.6 is 0 Å². The van der Waals surface area contributed by atoms with Gasteiger partial charge in [0, 0.05) is 36.2 Å². The van der Waals surface area contributed by atoms with Crippen LogP contribution in [0.1, 0.15) is 42.9 Å². The van der Waals surface area contributed by atoms with Crippen LogP contribution in [0.4, 0.5) is 0 Å². The number of fused-ring (bicyclic) bond motifs is 5. The lowest BCUT2D eigenvalue weighted by molar-refractivity contribution is 0.0944. The third kappa shape index (κ3) is 2.65. The number of benzene rings is 2. The number of para-hydroxylation sites is 3. The zero-order valence-corrected chi connectivity index (χ0v) is 16.8. The number of aromatic amines is 2. The predicted octanol–water partition coefficient (Wildman–Crippen LogP) is 4.24. The summed E-state index contributed by atoms with van der Waals surface area (Å²) in [5, 5.41) is 5.30. The molecule has 6 rings (SSSR count). The highest BCUT2D eigenvalue weighted by Crippen LogP contribution is 2.41. The van der Waals surface area contributed by atoms with Gasteiger partial charge in [0.25, 0.3) is 0 Å². The molecule has 4 aromatic rings. The molecule has 4 heterocycles. The molecule has 1 spiro atoms. The molecule has 0 aliphatic carbocycles. The molecule has 1 saturated heterocycles. The Bertz CT molecular complexity index is 1150. The van der Waals surface area contributed by atoms with Crippen LogP contribution in [0, 0.1) is 0 Å². The first-order valence-corrected chi connectivity index (χ1v) is 10.8. The number of hydrogen-bond donors (Lipinski definition) is 3. The van der Waals surface area contributed by atoms with E-state index in [9.17, 15) is 0 Å². The minimum absolute atomic E-state index is 0.0801. The molecule has 0 radical (unpaired) electrons. The number of piperidine rings is 1. The first-order valence-electron chi connectivity index (χ1n) is 10.8. The highest BCUT2D eigenvalue weighted by atomic mass is 15.2. The second kappa shape index (κ2) is 6.44. The first kappa shape index (κ1) is 17.2. The van der Waals surface area contributed by atoms with Crippen LogP contribution in [0.2, 0.25) is 0 Å². The van der Waals surface area contributed by atoms with Gasteiger partial charge in [0.2, 0.25) is 0 Å². The van der Waals surface area contributed by atoms with E-state index in [1.807, 2.05) is 0 Å². The van der Waals surface area contributed by atoms with Crippen LogP contribution < -0.4 is 5.32 Å². The molecule has 2 aromatic carbocycles. The fourth-order valence-electron chi connectivity index (χ4n) is 5.45. The van der Waals surface area contributed by atoms with Crippen LogP contribution in [0.25, 0.3) is 21.9 Å². The van der Waals surface area contributed by atoms with Gasteiger partial charge in [0.05, 0.1) is 22.6 Å². The molecule has 5 heteroatoms. The summed E-state index contributed by atoms with van der Waals surface area (Å²) in [5.74, 6) is 1.07. The zero-order chi connectivity index (χ0) is 19.4. The van der Waals surface area contributed by atoms with Gasteiger partial charge in [-0.05, 0) is 49.9 Å². The van der Waals surface area contributed by atoms with E-state index in [0.717, 1.165) is 55.8 Å². The summed E-state index contributed by atoms with van der Waals surface area (Å²) in [4.78, 5) is 14.7. The number of H-pyrrole nitrogens is 2. The third-order valence-electron chi connectivity index (χ3n) is 7.13. The monoisotopic (exact) mass is 385 g/mol. The van der Waals surface area contributed by atoms with Crippen LogP contribution in [0.15, 0.2) is 48.5 Å². The predicted molar refractivity (Wildman–Crippen MR) is 117 cm³/mol. The average molecular weight is 386 g/mol. The van der Waals surface area contributed by atoms with Crippen molar-refractivity contribution in [2.24, 2.45) is 0 Å². The van der Waals surface area contributed by atoms with Gasteiger partial charge in [-0.15, -0.1) is 0 Å². The minimum Gasteiger partial charge on any atom is -0.357 e. The Labute approximate surface area is 170 Å². The molecule has 3 N–H and O–H groups in total. The molecule has 1 fully saturated rings. The van der Waals surface area contributed by atoms with E-state index in [4.69, 9.17) is 4.98 Å². The van der Waals surface area contributed by atoms with Crippen LogP contribution in [-0.4, -0.2) is 39.5 Å². The van der Waals surface area contributed by atoms with Crippen molar-refractivity contribution in [1.29, 1.82) is 0 Å². The van der Waals surface area contributed by atoms with Gasteiger partial charge in [0.1, 0.15) is 5.82 Å². The second-order valence-corrected chi connectivity index (χ2v) is 8.63. The minimum atomic E-state index is 0.0801. The lowest BCUT2D eigenvalue weighted by Gasteiger charge is -2.46. The molecule has 1 unspecified atom stereocenters. The van der Waals surface area contributed by atoms with Gasteiger partial charge < -0.3 is 15.3 Å². The van der Waals surface area contributed by atoms with E-state index in [1.165, 1.54) is 22.2 Å². The maximum absolute atomic E-state index is 4.84. The van der Waals surface area contributed by atoms with Gasteiger partial charge in [-0.2, -0.15) is 0 Å². The number of likely N-dealkylation sites (tertiary alicyclic amines) is 1. The Kier molecular flexibility index (Phi) is 3.83. The fraction of sp³-hybridized carbons (Fsp3) is 0.375. The van der Waals surface area contributed by atoms with E-state index in [1.54, 1.807) is 0 Å². The maximum atomic E-state index is 4.84. The zero-order valence-electron chi connectivity index (χ0n) is 16.8. The summed E-state index contributed by atoms with van der Waals surface area (Å²) < 4.78 is 0. The Hall–Kier alpha value is -2.63. The standard InChI is InChI=1S/C24H27N5/c1-16(23-27-20-8-4-5-9-21(20)28-23)29-14-11-24(12-15-29)22-18(10-13-25-24)17-6-2-3-7-19(17)26-22/h2-9,16,25-26H,10-15H2,1H3,(H,27,28). The Morgan fingerprint density at radius 3 is 2.55 bits per heavy atom. The topological polar surface area (TPSA) is 59.7 Å². The van der Waals surface area contributed by atoms with Crippen molar-refractivity contribution in [3.05, 3.63) is 65.6 Å². The number of hydrogen-bond acceptors (Lipinski definition) is 3. The first-order chi connectivity index (χ1) is 14.2. The molecule has 5 nitrogen and oxygen atoms in total. The summed E-state index contributed by atoms with van der Waals surface area (Å²) in [6.45, 7) is 5.48. The average Bonchev–Trinajstić information content (AvgIpc) is 3.36. The quantitative estimate of drug-likeness (QED) is 0.484. The lowest BCUT2D eigenvalue weighted by atomic mass is 9.79. The van der Waals surface area contributed by atoms with Gasteiger partial charge in [-0.3, -0.25) is 4.90 Å². The lowest BCUT2D eigenvalue weighted by Crippen LogP contribution is -2.54. The molecule has 1 atom stereocenters. The van der Waals surface area contributed by atoms with Crippen molar-refractivity contribution in [2.45, 2.75) is 37.8 Å². The molecule has 2 aromatic heterocycles. The number of aromatic nitrogens is 3. The van der Waals surface area contributed by atoms with Crippen molar-refractivity contribution in [2.75, 3.05) is 19.6 Å². The van der Waals surface area contributed by atoms with E-state index < -0.39 is 0 Å². The molecule has 148 valence electrons. The third-order valence-corrected chi connectivity index (χ3v) is 7.13. The van der Waals surface area contributed by atoms with Gasteiger partial charge >= 0.3 is 0 Å². The van der Waals surface area contributed by atoms with E-state index in [2.05, 4.69) is 75.6 Å². The highest BCUT2D eigenvalue weighted by molar-refractivity contribution is 5.85. The largest absolute Gasteiger partial charge is 0.357 e. The van der Waals surface area contributed by atoms with Crippen LogP contribution in [0.5, 0.6) is 0 Å². The van der Waals surface area contributed by atoms with E-state index in [-0.39, 0.29) is 5.54 Å². The van der Waals surface area contributed by atoms with Gasteiger partial charge in [-0.1, -0.05) is 30.3 Å². The molecule has 29 heavy (non-hydrogen) atoms. The van der Waals surface area contributed by atoms with Crippen molar-refractivity contribution >= 4 is 21.9 Å². The summed E-state index contributed by atoms with van der Waals surface area (Å²) in [5.41, 5.74) is 6.49. The van der Waals surface area contributed by atoms with Gasteiger partial charge in [0.15, 0.2) is 0 Å². The summed E-state index contributed by atoms with van der Waals surface area (Å²) in [7, 11) is 0. The SMILES string of the molecule is CC(c1nc2ccccc2[nH]1)N1CCC2(CC1)NCCc1c2[nH]c2ccccc12. The van der Waals surface area contributed by atoms with Crippen molar-refractivity contribution in [1.82, 2.24) is 25.2 Å². The number of imidazole rings is 1. The summed E-state index contributed by atoms with van der Waals surface area (Å²) >= 11 is 0. The van der Waals surface area contributed by atoms with Crippen molar-refractivity contribution in [3.8, 4) is 0 Å². The van der Waals surface area contributed by atoms with Crippen molar-refractivity contribution in [3.63, 3.8) is 0 Å². The fourth-order valence-corrected chi connectivity index (χ4v) is 5.45. The van der Waals surface area contributed by atoms with Crippen molar-refractivity contribution < 1.29 is 0 Å². The Morgan fingerprint density at radius 2 is 1.72 bits per heavy atom. The smallest absolute Gasteiger partial charge is 0.124 e. The number of rotatable bonds is 2. The summed E-state index contributed by atoms with van der Waals surface area (Å²) in [6.07, 6.45) is 3.36. The van der Waals surface area contributed by atoms with Crippen LogP contribution in [-0.2, 0) is 12.0 Å². The highest BCUT2D eigenvalue weighted by Gasteiger charge is 2.42. The molecule has 0 amide bonds. The molecular formula is C24H27N5. The second-order valence-electron chi connectivity index (χ2n) is 8.63. The van der Waals surface area contributed by atoms with E-state index in [0.29, 0.717) is 6.04 Å². The molecule has 2 aliphatic heterocycles. The maximum Gasteiger partial charge on any atom is 0.124 e. The number of nitrogens with one attached hydrogen (secondary N) is 3. The summed E-state index contributed by atoms with van der Waals surface area (Å²) in [6, 6.07) is 17.4. The van der Waals surface area contributed by atoms with Gasteiger partial charge in [-0.25, -0.2) is 4.98 Å². The van der Waals surface area contributed by atoms with Crippen LogP contribution in [0.3, 0.4) is 0 Å². The Balaban J connectivity index is 1.27. The normalized spacial score (nSPS) is 20.3. The Morgan fingerprint density at radius 1 is 0.966 bits per heavy atom. The number of nitrogens with zero attached hydrogens (tertiary/aromatic N) is 2.